The van der Waals surface area contributed by atoms with Crippen LogP contribution in [0.15, 0.2) is 24.3 Å². The molecule has 0 aliphatic rings. The van der Waals surface area contributed by atoms with Gasteiger partial charge in [-0.05, 0) is 23.6 Å². The van der Waals surface area contributed by atoms with Crippen molar-refractivity contribution >= 4 is 11.8 Å². The van der Waals surface area contributed by atoms with Crippen molar-refractivity contribution in [1.82, 2.24) is 10.2 Å². The topological polar surface area (TPSA) is 75.4 Å². The first-order valence-corrected chi connectivity index (χ1v) is 6.68. The third-order valence-corrected chi connectivity index (χ3v) is 3.24. The van der Waals surface area contributed by atoms with Gasteiger partial charge in [0, 0.05) is 26.2 Å². The van der Waals surface area contributed by atoms with E-state index in [1.807, 2.05) is 26.0 Å². The summed E-state index contributed by atoms with van der Waals surface area (Å²) >= 11 is 0. The van der Waals surface area contributed by atoms with Crippen molar-refractivity contribution in [2.24, 2.45) is 11.7 Å². The molecule has 0 spiro atoms. The number of rotatable bonds is 5. The summed E-state index contributed by atoms with van der Waals surface area (Å²) in [5.74, 6) is -0.0845. The molecule has 5 heteroatoms. The van der Waals surface area contributed by atoms with Crippen LogP contribution in [0.2, 0.25) is 0 Å². The highest BCUT2D eigenvalue weighted by atomic mass is 16.2. The van der Waals surface area contributed by atoms with Gasteiger partial charge in [-0.1, -0.05) is 26.0 Å². The number of carbonyl (C=O) groups is 2. The number of likely N-dealkylation sites (N-methyl/N-ethyl adjacent to an activating group) is 1. The Hall–Kier alpha value is -1.88. The molecule has 1 atom stereocenters. The van der Waals surface area contributed by atoms with E-state index in [9.17, 15) is 9.59 Å². The Morgan fingerprint density at radius 1 is 1.25 bits per heavy atom. The van der Waals surface area contributed by atoms with Gasteiger partial charge in [-0.3, -0.25) is 9.59 Å². The lowest BCUT2D eigenvalue weighted by Crippen LogP contribution is -2.44. The molecule has 0 radical (unpaired) electrons. The zero-order valence-electron chi connectivity index (χ0n) is 12.5. The third-order valence-electron chi connectivity index (χ3n) is 3.24. The van der Waals surface area contributed by atoms with Gasteiger partial charge in [0.25, 0.3) is 5.91 Å². The van der Waals surface area contributed by atoms with Crippen LogP contribution in [-0.2, 0) is 11.3 Å². The minimum absolute atomic E-state index is 0.0737. The zero-order valence-corrected chi connectivity index (χ0v) is 12.5. The minimum atomic E-state index is -0.481. The van der Waals surface area contributed by atoms with Gasteiger partial charge in [0.1, 0.15) is 0 Å². The molecule has 1 aromatic carbocycles. The van der Waals surface area contributed by atoms with Crippen LogP contribution in [0.3, 0.4) is 0 Å². The highest BCUT2D eigenvalue weighted by Gasteiger charge is 2.20. The highest BCUT2D eigenvalue weighted by molar-refractivity contribution is 5.93. The molecular formula is C15H23N3O2. The molecule has 20 heavy (non-hydrogen) atoms. The number of nitrogens with two attached hydrogens (primary N) is 1. The van der Waals surface area contributed by atoms with E-state index in [4.69, 9.17) is 5.73 Å². The molecule has 0 bridgehead atoms. The Morgan fingerprint density at radius 3 is 2.25 bits per heavy atom. The number of hydrogen-bond donors (Lipinski definition) is 2. The van der Waals surface area contributed by atoms with Crippen molar-refractivity contribution in [3.05, 3.63) is 35.4 Å². The maximum atomic E-state index is 12.0. The van der Waals surface area contributed by atoms with Crippen LogP contribution < -0.4 is 11.1 Å². The van der Waals surface area contributed by atoms with E-state index in [0.717, 1.165) is 5.56 Å². The first-order valence-electron chi connectivity index (χ1n) is 6.68. The largest absolute Gasteiger partial charge is 0.355 e. The second kappa shape index (κ2) is 7.05. The normalized spacial score (nSPS) is 12.1. The van der Waals surface area contributed by atoms with Gasteiger partial charge in [-0.2, -0.15) is 0 Å². The van der Waals surface area contributed by atoms with Crippen LogP contribution >= 0.6 is 0 Å². The number of hydrogen-bond acceptors (Lipinski definition) is 3. The molecule has 1 aromatic rings. The predicted octanol–water partition coefficient (Wildman–Crippen LogP) is 0.988. The van der Waals surface area contributed by atoms with Gasteiger partial charge in [-0.15, -0.1) is 0 Å². The highest BCUT2D eigenvalue weighted by Crippen LogP contribution is 2.09. The second-order valence-electron chi connectivity index (χ2n) is 5.24. The van der Waals surface area contributed by atoms with Crippen LogP contribution in [0.5, 0.6) is 0 Å². The number of nitrogens with one attached hydrogen (secondary N) is 1. The molecule has 0 unspecified atom stereocenters. The van der Waals surface area contributed by atoms with Crippen molar-refractivity contribution in [1.29, 1.82) is 0 Å². The Kier molecular flexibility index (Phi) is 5.70. The number of benzene rings is 1. The summed E-state index contributed by atoms with van der Waals surface area (Å²) in [5, 5.41) is 2.57. The van der Waals surface area contributed by atoms with Crippen molar-refractivity contribution in [3.63, 3.8) is 0 Å². The van der Waals surface area contributed by atoms with Crippen LogP contribution in [0.25, 0.3) is 0 Å². The smallest absolute Gasteiger partial charge is 0.251 e. The maximum Gasteiger partial charge on any atom is 0.251 e. The van der Waals surface area contributed by atoms with Crippen LogP contribution in [0, 0.1) is 5.92 Å². The van der Waals surface area contributed by atoms with Crippen molar-refractivity contribution in [2.75, 3.05) is 14.1 Å². The number of carbonyl (C=O) groups excluding carboxylic acids is 2. The van der Waals surface area contributed by atoms with Gasteiger partial charge in [0.2, 0.25) is 5.91 Å². The molecule has 0 saturated carbocycles. The predicted molar refractivity (Wildman–Crippen MR) is 79.1 cm³/mol. The maximum absolute atomic E-state index is 12.0. The minimum Gasteiger partial charge on any atom is -0.355 e. The van der Waals surface area contributed by atoms with Crippen LogP contribution in [0.1, 0.15) is 29.8 Å². The molecule has 0 aliphatic carbocycles. The molecule has 5 nitrogen and oxygen atoms in total. The van der Waals surface area contributed by atoms with E-state index in [0.29, 0.717) is 12.1 Å². The first kappa shape index (κ1) is 16.2. The molecule has 110 valence electrons. The van der Waals surface area contributed by atoms with E-state index >= 15 is 0 Å². The molecule has 0 fully saturated rings. The molecule has 0 saturated heterocycles. The van der Waals surface area contributed by atoms with Crippen molar-refractivity contribution < 1.29 is 9.59 Å². The van der Waals surface area contributed by atoms with Gasteiger partial charge < -0.3 is 16.0 Å². The number of amides is 2. The molecule has 0 aliphatic heterocycles. The van der Waals surface area contributed by atoms with Crippen LogP contribution in [0.4, 0.5) is 0 Å². The van der Waals surface area contributed by atoms with E-state index in [2.05, 4.69) is 5.32 Å². The molecule has 2 amide bonds. The Morgan fingerprint density at radius 2 is 1.80 bits per heavy atom. The second-order valence-corrected chi connectivity index (χ2v) is 5.24. The van der Waals surface area contributed by atoms with Crippen molar-refractivity contribution in [2.45, 2.75) is 26.4 Å². The standard InChI is InChI=1S/C15H23N3O2/c1-10(2)13(16)15(20)18(4)9-11-5-7-12(8-6-11)14(19)17-3/h5-8,10,13H,9,16H2,1-4H3,(H,17,19)/t13-/m0/s1. The quantitative estimate of drug-likeness (QED) is 0.842. The third kappa shape index (κ3) is 4.06. The molecular weight excluding hydrogens is 254 g/mol. The zero-order chi connectivity index (χ0) is 15.3. The van der Waals surface area contributed by atoms with E-state index in [1.54, 1.807) is 31.1 Å². The SMILES string of the molecule is CNC(=O)c1ccc(CN(C)C(=O)[C@@H](N)C(C)C)cc1. The average molecular weight is 277 g/mol. The van der Waals surface area contributed by atoms with Gasteiger partial charge >= 0.3 is 0 Å². The van der Waals surface area contributed by atoms with E-state index in [-0.39, 0.29) is 17.7 Å². The Balaban J connectivity index is 2.69. The first-order chi connectivity index (χ1) is 9.36. The van der Waals surface area contributed by atoms with Crippen LogP contribution in [-0.4, -0.2) is 36.9 Å². The van der Waals surface area contributed by atoms with Gasteiger partial charge in [0.15, 0.2) is 0 Å². The Bertz CT molecular complexity index is 469. The summed E-state index contributed by atoms with van der Waals surface area (Å²) < 4.78 is 0. The van der Waals surface area contributed by atoms with Crippen molar-refractivity contribution in [3.8, 4) is 0 Å². The average Bonchev–Trinajstić information content (AvgIpc) is 2.45. The van der Waals surface area contributed by atoms with Gasteiger partial charge in [0.05, 0.1) is 6.04 Å². The van der Waals surface area contributed by atoms with E-state index in [1.165, 1.54) is 0 Å². The summed E-state index contributed by atoms with van der Waals surface area (Å²) in [7, 11) is 3.33. The fraction of sp³-hybridized carbons (Fsp3) is 0.467. The lowest BCUT2D eigenvalue weighted by atomic mass is 10.0. The van der Waals surface area contributed by atoms with Gasteiger partial charge in [-0.25, -0.2) is 0 Å². The summed E-state index contributed by atoms with van der Waals surface area (Å²) in [6.45, 7) is 4.33. The summed E-state index contributed by atoms with van der Waals surface area (Å²) in [6, 6.07) is 6.69. The molecule has 0 heterocycles. The number of nitrogens with zero attached hydrogens (tertiary/aromatic N) is 1. The monoisotopic (exact) mass is 277 g/mol. The molecule has 0 aromatic heterocycles. The summed E-state index contributed by atoms with van der Waals surface area (Å²) in [6.07, 6.45) is 0. The fourth-order valence-corrected chi connectivity index (χ4v) is 1.80. The molecule has 1 rings (SSSR count). The summed E-state index contributed by atoms with van der Waals surface area (Å²) in [5.41, 5.74) is 7.42. The summed E-state index contributed by atoms with van der Waals surface area (Å²) in [4.78, 5) is 25.1. The Labute approximate surface area is 120 Å². The van der Waals surface area contributed by atoms with E-state index < -0.39 is 6.04 Å². The lowest BCUT2D eigenvalue weighted by Gasteiger charge is -2.23. The lowest BCUT2D eigenvalue weighted by molar-refractivity contribution is -0.132. The molecule has 3 N–H and O–H groups in total. The fourth-order valence-electron chi connectivity index (χ4n) is 1.80.